The molecule has 8 heteroatoms. The van der Waals surface area contributed by atoms with Gasteiger partial charge in [-0.25, -0.2) is 9.67 Å². The molecule has 148 valence electrons. The maximum absolute atomic E-state index is 13.1. The lowest BCUT2D eigenvalue weighted by Gasteiger charge is -2.24. The van der Waals surface area contributed by atoms with Crippen molar-refractivity contribution in [2.24, 2.45) is 0 Å². The van der Waals surface area contributed by atoms with Crippen LogP contribution in [0.5, 0.6) is 11.5 Å². The van der Waals surface area contributed by atoms with E-state index in [1.807, 2.05) is 21.7 Å². The van der Waals surface area contributed by atoms with Gasteiger partial charge in [0.25, 0.3) is 5.91 Å². The first-order valence-electron chi connectivity index (χ1n) is 9.99. The van der Waals surface area contributed by atoms with E-state index in [-0.39, 0.29) is 5.91 Å². The zero-order chi connectivity index (χ0) is 18.9. The number of amides is 1. The molecule has 1 amide bonds. The second-order valence-electron chi connectivity index (χ2n) is 7.37. The Kier molecular flexibility index (Phi) is 4.64. The van der Waals surface area contributed by atoms with Crippen molar-refractivity contribution in [2.45, 2.75) is 31.7 Å². The second-order valence-corrected chi connectivity index (χ2v) is 7.37. The molecule has 0 bridgehead atoms. The van der Waals surface area contributed by atoms with Crippen LogP contribution >= 0.6 is 0 Å². The molecule has 5 rings (SSSR count). The monoisotopic (exact) mass is 384 g/mol. The van der Waals surface area contributed by atoms with E-state index in [9.17, 15) is 4.79 Å². The number of para-hydroxylation sites is 1. The number of ether oxygens (including phenoxy) is 3. The van der Waals surface area contributed by atoms with Crippen molar-refractivity contribution in [3.05, 3.63) is 35.4 Å². The minimum Gasteiger partial charge on any atom is -0.486 e. The maximum atomic E-state index is 13.1. The van der Waals surface area contributed by atoms with Crippen molar-refractivity contribution in [3.63, 3.8) is 0 Å². The zero-order valence-corrected chi connectivity index (χ0v) is 15.8. The van der Waals surface area contributed by atoms with Crippen molar-refractivity contribution in [1.82, 2.24) is 19.7 Å². The molecule has 3 aliphatic rings. The first kappa shape index (κ1) is 17.5. The fourth-order valence-electron chi connectivity index (χ4n) is 4.06. The molecule has 1 saturated heterocycles. The van der Waals surface area contributed by atoms with E-state index in [1.165, 1.54) is 0 Å². The Morgan fingerprint density at radius 2 is 1.89 bits per heavy atom. The summed E-state index contributed by atoms with van der Waals surface area (Å²) in [5.41, 5.74) is 0.563. The van der Waals surface area contributed by atoms with Gasteiger partial charge in [-0.3, -0.25) is 4.79 Å². The SMILES string of the molecule is O=C(c1cccc2c1OCCO2)N1CCc2nc(C3CCOCC3)nn2CC1. The van der Waals surface area contributed by atoms with Crippen molar-refractivity contribution in [2.75, 3.05) is 39.5 Å². The normalized spacial score (nSPS) is 19.8. The highest BCUT2D eigenvalue weighted by Gasteiger charge is 2.28. The fourth-order valence-corrected chi connectivity index (χ4v) is 4.06. The Labute approximate surface area is 163 Å². The van der Waals surface area contributed by atoms with Crippen LogP contribution in [0.15, 0.2) is 18.2 Å². The van der Waals surface area contributed by atoms with Crippen LogP contribution < -0.4 is 9.47 Å². The Balaban J connectivity index is 1.31. The quantitative estimate of drug-likeness (QED) is 0.783. The molecule has 8 nitrogen and oxygen atoms in total. The summed E-state index contributed by atoms with van der Waals surface area (Å²) in [5.74, 6) is 3.45. The van der Waals surface area contributed by atoms with Gasteiger partial charge in [0.05, 0.1) is 12.1 Å². The van der Waals surface area contributed by atoms with E-state index in [1.54, 1.807) is 6.07 Å². The highest BCUT2D eigenvalue weighted by atomic mass is 16.6. The van der Waals surface area contributed by atoms with Crippen molar-refractivity contribution in [1.29, 1.82) is 0 Å². The summed E-state index contributed by atoms with van der Waals surface area (Å²) < 4.78 is 18.7. The van der Waals surface area contributed by atoms with E-state index >= 15 is 0 Å². The minimum atomic E-state index is -0.0299. The van der Waals surface area contributed by atoms with Gasteiger partial charge in [-0.05, 0) is 25.0 Å². The Hall–Kier alpha value is -2.61. The number of benzene rings is 1. The molecule has 2 aromatic rings. The summed E-state index contributed by atoms with van der Waals surface area (Å²) >= 11 is 0. The van der Waals surface area contributed by atoms with Gasteiger partial charge in [0, 0.05) is 38.6 Å². The Morgan fingerprint density at radius 3 is 2.79 bits per heavy atom. The smallest absolute Gasteiger partial charge is 0.257 e. The second kappa shape index (κ2) is 7.43. The van der Waals surface area contributed by atoms with Gasteiger partial charge in [0.15, 0.2) is 17.3 Å². The summed E-state index contributed by atoms with van der Waals surface area (Å²) in [7, 11) is 0. The van der Waals surface area contributed by atoms with Crippen LogP contribution in [-0.2, 0) is 17.7 Å². The highest BCUT2D eigenvalue weighted by molar-refractivity contribution is 5.98. The van der Waals surface area contributed by atoms with Crippen molar-refractivity contribution in [3.8, 4) is 11.5 Å². The van der Waals surface area contributed by atoms with E-state index < -0.39 is 0 Å². The predicted molar refractivity (Wildman–Crippen MR) is 99.9 cm³/mol. The molecule has 0 aliphatic carbocycles. The topological polar surface area (TPSA) is 78.7 Å². The van der Waals surface area contributed by atoms with Crippen LogP contribution in [0, 0.1) is 0 Å². The largest absolute Gasteiger partial charge is 0.486 e. The van der Waals surface area contributed by atoms with Gasteiger partial charge in [-0.15, -0.1) is 0 Å². The zero-order valence-electron chi connectivity index (χ0n) is 15.8. The lowest BCUT2D eigenvalue weighted by Crippen LogP contribution is -2.34. The molecule has 1 fully saturated rings. The molecule has 0 saturated carbocycles. The molecule has 4 heterocycles. The van der Waals surface area contributed by atoms with Crippen molar-refractivity contribution >= 4 is 5.91 Å². The average molecular weight is 384 g/mol. The Bertz CT molecular complexity index is 850. The van der Waals surface area contributed by atoms with E-state index in [4.69, 9.17) is 24.3 Å². The summed E-state index contributed by atoms with van der Waals surface area (Å²) in [4.78, 5) is 19.8. The molecule has 0 atom stereocenters. The molecule has 0 radical (unpaired) electrons. The van der Waals surface area contributed by atoms with Crippen LogP contribution in [0.25, 0.3) is 0 Å². The number of hydrogen-bond acceptors (Lipinski definition) is 6. The summed E-state index contributed by atoms with van der Waals surface area (Å²) in [6.07, 6.45) is 2.67. The molecular weight excluding hydrogens is 360 g/mol. The molecule has 1 aromatic carbocycles. The molecular formula is C20H24N4O4. The fraction of sp³-hybridized carbons (Fsp3) is 0.550. The maximum Gasteiger partial charge on any atom is 0.257 e. The van der Waals surface area contributed by atoms with Crippen molar-refractivity contribution < 1.29 is 19.0 Å². The highest BCUT2D eigenvalue weighted by Crippen LogP contribution is 2.34. The van der Waals surface area contributed by atoms with Gasteiger partial charge in [0.2, 0.25) is 0 Å². The van der Waals surface area contributed by atoms with E-state index in [2.05, 4.69) is 0 Å². The number of rotatable bonds is 2. The third-order valence-electron chi connectivity index (χ3n) is 5.62. The summed E-state index contributed by atoms with van der Waals surface area (Å²) in [5, 5.41) is 4.74. The van der Waals surface area contributed by atoms with Gasteiger partial charge in [-0.2, -0.15) is 5.10 Å². The molecule has 0 unspecified atom stereocenters. The number of carbonyl (C=O) groups excluding carboxylic acids is 1. The number of aromatic nitrogens is 3. The van der Waals surface area contributed by atoms with Crippen LogP contribution in [-0.4, -0.2) is 65.1 Å². The first-order chi connectivity index (χ1) is 13.8. The standard InChI is InChI=1S/C20H24N4O4/c25-20(15-2-1-3-16-18(15)28-13-12-27-16)23-7-4-17-21-19(22-24(17)9-8-23)14-5-10-26-11-6-14/h1-3,14H,4-13H2. The minimum absolute atomic E-state index is 0.0299. The lowest BCUT2D eigenvalue weighted by atomic mass is 10.00. The van der Waals surface area contributed by atoms with E-state index in [0.717, 1.165) is 37.7 Å². The van der Waals surface area contributed by atoms with Crippen LogP contribution in [0.2, 0.25) is 0 Å². The third-order valence-corrected chi connectivity index (χ3v) is 5.62. The average Bonchev–Trinajstić information content (AvgIpc) is 3.06. The molecule has 0 N–H and O–H groups in total. The Morgan fingerprint density at radius 1 is 1.04 bits per heavy atom. The predicted octanol–water partition coefficient (Wildman–Crippen LogP) is 1.64. The van der Waals surface area contributed by atoms with Gasteiger partial charge < -0.3 is 19.1 Å². The summed E-state index contributed by atoms with van der Waals surface area (Å²) in [6.45, 7) is 4.42. The number of hydrogen-bond donors (Lipinski definition) is 0. The van der Waals surface area contributed by atoms with Crippen LogP contribution in [0.3, 0.4) is 0 Å². The summed E-state index contributed by atoms with van der Waals surface area (Å²) in [6, 6.07) is 5.48. The van der Waals surface area contributed by atoms with Gasteiger partial charge in [0.1, 0.15) is 19.0 Å². The molecule has 0 spiro atoms. The number of nitrogens with zero attached hydrogens (tertiary/aromatic N) is 4. The molecule has 3 aliphatic heterocycles. The molecule has 28 heavy (non-hydrogen) atoms. The van der Waals surface area contributed by atoms with Crippen LogP contribution in [0.1, 0.15) is 40.8 Å². The van der Waals surface area contributed by atoms with Gasteiger partial charge >= 0.3 is 0 Å². The molecule has 1 aromatic heterocycles. The van der Waals surface area contributed by atoms with E-state index in [0.29, 0.717) is 62.2 Å². The number of carbonyl (C=O) groups is 1. The first-order valence-corrected chi connectivity index (χ1v) is 9.99. The van der Waals surface area contributed by atoms with Gasteiger partial charge in [-0.1, -0.05) is 6.07 Å². The van der Waals surface area contributed by atoms with Crippen LogP contribution in [0.4, 0.5) is 0 Å². The third kappa shape index (κ3) is 3.22. The number of fused-ring (bicyclic) bond motifs is 2. The lowest BCUT2D eigenvalue weighted by molar-refractivity contribution is 0.0746.